The molecule has 142 valence electrons. The van der Waals surface area contributed by atoms with Crippen LogP contribution in [0.1, 0.15) is 17.5 Å². The molecular formula is C15H12F3N5O3S. The first-order valence-corrected chi connectivity index (χ1v) is 9.51. The Bertz CT molecular complexity index is 999. The molecular weight excluding hydrogens is 387 g/mol. The van der Waals surface area contributed by atoms with Crippen LogP contribution >= 0.6 is 0 Å². The summed E-state index contributed by atoms with van der Waals surface area (Å²) in [6, 6.07) is 3.71. The number of rotatable bonds is 2. The molecule has 0 saturated carbocycles. The SMILES string of the molecule is N#Cc1ccc(N2C[C@@H]3[C@@H]([C@H]4O[C@@H]3C[C@@H]4N=[N+]=[N-])S2(=O)=O)cc1C(F)(F)F. The summed E-state index contributed by atoms with van der Waals surface area (Å²) < 4.78 is 72.2. The number of fused-ring (bicyclic) bond motifs is 5. The fraction of sp³-hybridized carbons (Fsp3) is 0.533. The van der Waals surface area contributed by atoms with Crippen molar-refractivity contribution in [2.75, 3.05) is 10.8 Å². The Kier molecular flexibility index (Phi) is 3.82. The first kappa shape index (κ1) is 17.9. The van der Waals surface area contributed by atoms with Gasteiger partial charge >= 0.3 is 6.18 Å². The number of hydrogen-bond acceptors (Lipinski definition) is 5. The smallest absolute Gasteiger partial charge is 0.373 e. The van der Waals surface area contributed by atoms with Gasteiger partial charge in [0.2, 0.25) is 10.0 Å². The Labute approximate surface area is 151 Å². The van der Waals surface area contributed by atoms with Gasteiger partial charge in [-0.3, -0.25) is 4.31 Å². The van der Waals surface area contributed by atoms with Gasteiger partial charge in [-0.15, -0.1) is 0 Å². The molecule has 0 aromatic heterocycles. The number of halogens is 3. The number of sulfonamides is 1. The summed E-state index contributed by atoms with van der Waals surface area (Å²) in [6.07, 6.45) is -5.61. The van der Waals surface area contributed by atoms with Crippen molar-refractivity contribution >= 4 is 15.7 Å². The molecule has 1 aromatic carbocycles. The van der Waals surface area contributed by atoms with Gasteiger partial charge in [0.1, 0.15) is 5.25 Å². The Morgan fingerprint density at radius 2 is 2.15 bits per heavy atom. The van der Waals surface area contributed by atoms with E-state index >= 15 is 0 Å². The quantitative estimate of drug-likeness (QED) is 0.431. The summed E-state index contributed by atoms with van der Waals surface area (Å²) in [6.45, 7) is -0.0135. The number of nitriles is 1. The van der Waals surface area contributed by atoms with Crippen molar-refractivity contribution in [3.8, 4) is 6.07 Å². The standard InChI is InChI=1S/C15H12F3N5O3S/c16-15(17,18)10-3-8(2-1-7(10)5-19)23-6-9-12-4-11(21-22-20)13(26-12)14(9)27(23,24)25/h1-3,9,11-14H,4,6H2/t9-,11-,12+,13-,14-/m0/s1. The normalized spacial score (nSPS) is 33.4. The van der Waals surface area contributed by atoms with Crippen molar-refractivity contribution in [3.63, 3.8) is 0 Å². The van der Waals surface area contributed by atoms with Gasteiger partial charge < -0.3 is 4.74 Å². The van der Waals surface area contributed by atoms with Crippen LogP contribution < -0.4 is 4.31 Å². The molecule has 0 amide bonds. The van der Waals surface area contributed by atoms with E-state index < -0.39 is 56.7 Å². The minimum atomic E-state index is -4.78. The van der Waals surface area contributed by atoms with Crippen LogP contribution in [0.25, 0.3) is 10.4 Å². The number of azide groups is 1. The topological polar surface area (TPSA) is 119 Å². The Morgan fingerprint density at radius 1 is 1.41 bits per heavy atom. The van der Waals surface area contributed by atoms with Crippen LogP contribution in [0.4, 0.5) is 18.9 Å². The van der Waals surface area contributed by atoms with E-state index in [1.807, 2.05) is 0 Å². The van der Waals surface area contributed by atoms with Gasteiger partial charge in [0.25, 0.3) is 0 Å². The summed E-state index contributed by atoms with van der Waals surface area (Å²) in [5.74, 6) is -0.407. The number of anilines is 1. The zero-order valence-electron chi connectivity index (χ0n) is 13.5. The molecule has 3 aliphatic rings. The fourth-order valence-electron chi connectivity index (χ4n) is 4.25. The highest BCUT2D eigenvalue weighted by Gasteiger charge is 2.64. The molecule has 3 heterocycles. The van der Waals surface area contributed by atoms with Gasteiger partial charge in [0.15, 0.2) is 0 Å². The summed E-state index contributed by atoms with van der Waals surface area (Å²) >= 11 is 0. The molecule has 0 N–H and O–H groups in total. The van der Waals surface area contributed by atoms with Gasteiger partial charge in [-0.1, -0.05) is 5.11 Å². The second-order valence-electron chi connectivity index (χ2n) is 6.69. The van der Waals surface area contributed by atoms with Crippen molar-refractivity contribution in [3.05, 3.63) is 39.8 Å². The van der Waals surface area contributed by atoms with E-state index in [4.69, 9.17) is 15.5 Å². The van der Waals surface area contributed by atoms with Crippen LogP contribution in [-0.4, -0.2) is 38.5 Å². The maximum absolute atomic E-state index is 13.2. The van der Waals surface area contributed by atoms with Gasteiger partial charge in [-0.2, -0.15) is 18.4 Å². The van der Waals surface area contributed by atoms with Crippen molar-refractivity contribution < 1.29 is 26.3 Å². The van der Waals surface area contributed by atoms with E-state index in [0.29, 0.717) is 12.5 Å². The van der Waals surface area contributed by atoms with Crippen LogP contribution in [0.5, 0.6) is 0 Å². The molecule has 0 unspecified atom stereocenters. The summed E-state index contributed by atoms with van der Waals surface area (Å²) in [5.41, 5.74) is 6.72. The number of alkyl halides is 3. The van der Waals surface area contributed by atoms with Crippen LogP contribution in [0.3, 0.4) is 0 Å². The maximum atomic E-state index is 13.2. The van der Waals surface area contributed by atoms with Crippen LogP contribution in [0.2, 0.25) is 0 Å². The number of hydrogen-bond donors (Lipinski definition) is 0. The minimum absolute atomic E-state index is 0.0135. The van der Waals surface area contributed by atoms with Crippen molar-refractivity contribution in [1.82, 2.24) is 0 Å². The lowest BCUT2D eigenvalue weighted by Gasteiger charge is -2.24. The number of ether oxygens (including phenoxy) is 1. The van der Waals surface area contributed by atoms with E-state index in [1.165, 1.54) is 12.1 Å². The molecule has 0 spiro atoms. The zero-order valence-corrected chi connectivity index (χ0v) is 14.4. The lowest BCUT2D eigenvalue weighted by Crippen LogP contribution is -2.42. The minimum Gasteiger partial charge on any atom is -0.373 e. The third-order valence-electron chi connectivity index (χ3n) is 5.35. The van der Waals surface area contributed by atoms with Crippen molar-refractivity contribution in [1.29, 1.82) is 5.26 Å². The van der Waals surface area contributed by atoms with Gasteiger partial charge in [-0.25, -0.2) is 8.42 Å². The molecule has 3 fully saturated rings. The van der Waals surface area contributed by atoms with Crippen LogP contribution in [0.15, 0.2) is 23.3 Å². The van der Waals surface area contributed by atoms with Gasteiger partial charge in [-0.05, 0) is 30.2 Å². The third kappa shape index (κ3) is 2.54. The van der Waals surface area contributed by atoms with E-state index in [1.54, 1.807) is 0 Å². The van der Waals surface area contributed by atoms with Gasteiger partial charge in [0.05, 0.1) is 41.1 Å². The molecule has 12 heteroatoms. The molecule has 2 bridgehead atoms. The van der Waals surface area contributed by atoms with Gasteiger partial charge in [0, 0.05) is 17.4 Å². The molecule has 5 atom stereocenters. The highest BCUT2D eigenvalue weighted by molar-refractivity contribution is 7.93. The molecule has 8 nitrogen and oxygen atoms in total. The number of nitrogens with zero attached hydrogens (tertiary/aromatic N) is 5. The Hall–Kier alpha value is -2.48. The highest BCUT2D eigenvalue weighted by atomic mass is 32.2. The summed E-state index contributed by atoms with van der Waals surface area (Å²) in [5, 5.41) is 11.5. The lowest BCUT2D eigenvalue weighted by atomic mass is 9.86. The largest absolute Gasteiger partial charge is 0.417 e. The molecule has 3 aliphatic heterocycles. The van der Waals surface area contributed by atoms with E-state index in [-0.39, 0.29) is 12.2 Å². The number of benzene rings is 1. The molecule has 1 aromatic rings. The fourth-order valence-corrected chi connectivity index (χ4v) is 6.62. The van der Waals surface area contributed by atoms with E-state index in [2.05, 4.69) is 10.0 Å². The lowest BCUT2D eigenvalue weighted by molar-refractivity contribution is -0.137. The molecule has 0 aliphatic carbocycles. The van der Waals surface area contributed by atoms with Crippen LogP contribution in [0, 0.1) is 17.2 Å². The monoisotopic (exact) mass is 399 g/mol. The zero-order chi connectivity index (χ0) is 19.6. The van der Waals surface area contributed by atoms with Crippen molar-refractivity contribution in [2.24, 2.45) is 11.0 Å². The Morgan fingerprint density at radius 3 is 2.78 bits per heavy atom. The third-order valence-corrected chi connectivity index (χ3v) is 7.63. The second kappa shape index (κ2) is 5.76. The molecule has 0 radical (unpaired) electrons. The summed E-state index contributed by atoms with van der Waals surface area (Å²) in [7, 11) is -4.01. The Balaban J connectivity index is 1.74. The predicted molar refractivity (Wildman–Crippen MR) is 85.9 cm³/mol. The van der Waals surface area contributed by atoms with E-state index in [0.717, 1.165) is 10.4 Å². The first-order chi connectivity index (χ1) is 12.7. The van der Waals surface area contributed by atoms with E-state index in [9.17, 15) is 21.6 Å². The van der Waals surface area contributed by atoms with Crippen molar-refractivity contribution in [2.45, 2.75) is 36.1 Å². The maximum Gasteiger partial charge on any atom is 0.417 e. The average molecular weight is 399 g/mol. The summed E-state index contributed by atoms with van der Waals surface area (Å²) in [4.78, 5) is 2.71. The second-order valence-corrected chi connectivity index (χ2v) is 8.71. The first-order valence-electron chi connectivity index (χ1n) is 8.01. The molecule has 27 heavy (non-hydrogen) atoms. The molecule has 4 rings (SSSR count). The van der Waals surface area contributed by atoms with Crippen LogP contribution in [-0.2, 0) is 20.9 Å². The average Bonchev–Trinajstić information content (AvgIpc) is 3.24. The predicted octanol–water partition coefficient (Wildman–Crippen LogP) is 2.56. The molecule has 3 saturated heterocycles. The highest BCUT2D eigenvalue weighted by Crippen LogP contribution is 2.50.